The highest BCUT2D eigenvalue weighted by molar-refractivity contribution is 5.95. The summed E-state index contributed by atoms with van der Waals surface area (Å²) in [7, 11) is 0. The number of Topliss-reactive ketones (excluding diaryl/α,β-unsaturated/α-hetero) is 1. The van der Waals surface area contributed by atoms with Crippen LogP contribution in [0.3, 0.4) is 0 Å². The Hall–Kier alpha value is -2.44. The maximum absolute atomic E-state index is 14.4. The molecule has 6 nitrogen and oxygen atoms in total. The molecule has 0 aromatic heterocycles. The number of fused-ring (bicyclic) bond motifs is 1. The van der Waals surface area contributed by atoms with Crippen LogP contribution in [-0.4, -0.2) is 30.4 Å². The minimum absolute atomic E-state index is 0.0177. The van der Waals surface area contributed by atoms with Crippen LogP contribution in [0.2, 0.25) is 0 Å². The molecule has 3 atom stereocenters. The molecule has 1 aromatic rings. The second-order valence-corrected chi connectivity index (χ2v) is 6.39. The van der Waals surface area contributed by atoms with E-state index in [4.69, 9.17) is 10.5 Å². The molecule has 4 rings (SSSR count). The van der Waals surface area contributed by atoms with E-state index in [1.807, 2.05) is 0 Å². The predicted octanol–water partition coefficient (Wildman–Crippen LogP) is 1.33. The topological polar surface area (TPSA) is 89.7 Å². The summed E-state index contributed by atoms with van der Waals surface area (Å²) in [4.78, 5) is 35.4. The van der Waals surface area contributed by atoms with Crippen molar-refractivity contribution in [2.24, 2.45) is 17.6 Å². The van der Waals surface area contributed by atoms with Gasteiger partial charge in [-0.25, -0.2) is 9.18 Å². The zero-order valence-corrected chi connectivity index (χ0v) is 12.2. The van der Waals surface area contributed by atoms with Crippen molar-refractivity contribution in [2.75, 3.05) is 11.4 Å². The number of halogens is 1. The maximum atomic E-state index is 14.4. The molecule has 23 heavy (non-hydrogen) atoms. The molecule has 0 bridgehead atoms. The van der Waals surface area contributed by atoms with Crippen molar-refractivity contribution in [3.05, 3.63) is 29.6 Å². The van der Waals surface area contributed by atoms with Gasteiger partial charge in [-0.05, 0) is 35.4 Å². The fourth-order valence-corrected chi connectivity index (χ4v) is 3.85. The molecule has 7 heteroatoms. The number of hydrogen-bond donors (Lipinski definition) is 1. The fraction of sp³-hybridized carbons (Fsp3) is 0.438. The summed E-state index contributed by atoms with van der Waals surface area (Å²) in [5.41, 5.74) is 6.05. The minimum atomic E-state index is -1.01. The monoisotopic (exact) mass is 318 g/mol. The Balaban J connectivity index is 1.54. The molecule has 1 heterocycles. The average molecular weight is 318 g/mol. The Kier molecular flexibility index (Phi) is 2.94. The van der Waals surface area contributed by atoms with Gasteiger partial charge in [0.2, 0.25) is 0 Å². The van der Waals surface area contributed by atoms with Crippen LogP contribution in [-0.2, 0) is 14.3 Å². The first-order valence-corrected chi connectivity index (χ1v) is 7.54. The largest absolute Gasteiger partial charge is 0.434 e. The van der Waals surface area contributed by atoms with Gasteiger partial charge < -0.3 is 10.5 Å². The van der Waals surface area contributed by atoms with Gasteiger partial charge in [0.25, 0.3) is 5.91 Å². The van der Waals surface area contributed by atoms with Crippen molar-refractivity contribution in [1.29, 1.82) is 0 Å². The Morgan fingerprint density at radius 2 is 1.96 bits per heavy atom. The fourth-order valence-electron chi connectivity index (χ4n) is 3.85. The standard InChI is InChI=1S/C16H15FN2O4/c17-12-3-7(19-6-13(15(18)21)23-16(19)22)1-2-9(12)14-10-4-8(20)5-11(10)14/h1-3,10-11,13-14H,4-6H2,(H2,18,21)/t10?,11?,13-,14?/m1/s1. The number of benzene rings is 1. The molecule has 1 aromatic carbocycles. The SMILES string of the molecule is NC(=O)[C@H]1CN(c2ccc(C3C4CC(=O)CC43)c(F)c2)C(=O)O1. The van der Waals surface area contributed by atoms with E-state index in [1.54, 1.807) is 12.1 Å². The van der Waals surface area contributed by atoms with Gasteiger partial charge in [-0.15, -0.1) is 0 Å². The minimum Gasteiger partial charge on any atom is -0.434 e. The summed E-state index contributed by atoms with van der Waals surface area (Å²) in [5.74, 6) is -0.244. The molecule has 1 aliphatic heterocycles. The van der Waals surface area contributed by atoms with Crippen molar-refractivity contribution in [3.8, 4) is 0 Å². The summed E-state index contributed by atoms with van der Waals surface area (Å²) in [5, 5.41) is 0. The third-order valence-corrected chi connectivity index (χ3v) is 5.04. The highest BCUT2D eigenvalue weighted by Crippen LogP contribution is 2.62. The van der Waals surface area contributed by atoms with Crippen LogP contribution >= 0.6 is 0 Å². The first-order valence-electron chi connectivity index (χ1n) is 7.54. The van der Waals surface area contributed by atoms with Gasteiger partial charge in [-0.3, -0.25) is 14.5 Å². The lowest BCUT2D eigenvalue weighted by Gasteiger charge is -2.14. The van der Waals surface area contributed by atoms with E-state index >= 15 is 0 Å². The van der Waals surface area contributed by atoms with Crippen LogP contribution in [0, 0.1) is 17.7 Å². The van der Waals surface area contributed by atoms with Gasteiger partial charge in [0.15, 0.2) is 6.10 Å². The lowest BCUT2D eigenvalue weighted by molar-refractivity contribution is -0.124. The van der Waals surface area contributed by atoms with Gasteiger partial charge in [0.1, 0.15) is 11.6 Å². The number of carbonyl (C=O) groups is 3. The van der Waals surface area contributed by atoms with Crippen molar-refractivity contribution in [2.45, 2.75) is 24.9 Å². The molecule has 3 fully saturated rings. The molecule has 1 saturated heterocycles. The molecule has 0 spiro atoms. The van der Waals surface area contributed by atoms with Crippen molar-refractivity contribution in [3.63, 3.8) is 0 Å². The third kappa shape index (κ3) is 2.18. The second kappa shape index (κ2) is 4.78. The number of ketones is 1. The van der Waals surface area contributed by atoms with Crippen LogP contribution in [0.25, 0.3) is 0 Å². The Labute approximate surface area is 131 Å². The van der Waals surface area contributed by atoms with E-state index in [9.17, 15) is 18.8 Å². The predicted molar refractivity (Wildman–Crippen MR) is 77.2 cm³/mol. The number of ether oxygens (including phenoxy) is 1. The molecule has 2 saturated carbocycles. The Bertz CT molecular complexity index is 721. The highest BCUT2D eigenvalue weighted by Gasteiger charge is 2.57. The van der Waals surface area contributed by atoms with E-state index in [-0.39, 0.29) is 30.1 Å². The van der Waals surface area contributed by atoms with E-state index < -0.39 is 23.9 Å². The molecular formula is C16H15FN2O4. The lowest BCUT2D eigenvalue weighted by Crippen LogP contribution is -2.32. The molecule has 120 valence electrons. The van der Waals surface area contributed by atoms with Crippen molar-refractivity contribution >= 4 is 23.5 Å². The number of amides is 2. The third-order valence-electron chi connectivity index (χ3n) is 5.04. The average Bonchev–Trinajstić information content (AvgIpc) is 2.84. The lowest BCUT2D eigenvalue weighted by atomic mass is 10.0. The summed E-state index contributed by atoms with van der Waals surface area (Å²) < 4.78 is 19.3. The van der Waals surface area contributed by atoms with E-state index in [0.29, 0.717) is 24.1 Å². The zero-order valence-electron chi connectivity index (χ0n) is 12.2. The maximum Gasteiger partial charge on any atom is 0.415 e. The van der Waals surface area contributed by atoms with Crippen LogP contribution in [0.15, 0.2) is 18.2 Å². The van der Waals surface area contributed by atoms with Gasteiger partial charge >= 0.3 is 6.09 Å². The Morgan fingerprint density at radius 3 is 2.52 bits per heavy atom. The number of nitrogens with zero attached hydrogens (tertiary/aromatic N) is 1. The summed E-state index contributed by atoms with van der Waals surface area (Å²) in [6.45, 7) is -0.0177. The number of anilines is 1. The molecule has 3 aliphatic rings. The smallest absolute Gasteiger partial charge is 0.415 e. The molecule has 2 unspecified atom stereocenters. The second-order valence-electron chi connectivity index (χ2n) is 6.39. The van der Waals surface area contributed by atoms with Crippen LogP contribution in [0.4, 0.5) is 14.9 Å². The van der Waals surface area contributed by atoms with E-state index in [0.717, 1.165) is 0 Å². The quantitative estimate of drug-likeness (QED) is 0.910. The van der Waals surface area contributed by atoms with Crippen LogP contribution in [0.1, 0.15) is 24.3 Å². The first-order chi connectivity index (χ1) is 11.0. The molecular weight excluding hydrogens is 303 g/mol. The normalized spacial score (nSPS) is 32.0. The number of rotatable bonds is 3. The summed E-state index contributed by atoms with van der Waals surface area (Å²) in [6.07, 6.45) is -0.654. The number of nitrogens with two attached hydrogens (primary N) is 1. The highest BCUT2D eigenvalue weighted by atomic mass is 19.1. The van der Waals surface area contributed by atoms with E-state index in [2.05, 4.69) is 0 Å². The van der Waals surface area contributed by atoms with Gasteiger partial charge in [0, 0.05) is 12.8 Å². The molecule has 2 N–H and O–H groups in total. The van der Waals surface area contributed by atoms with Crippen LogP contribution < -0.4 is 10.6 Å². The number of primary amides is 1. The Morgan fingerprint density at radius 1 is 1.26 bits per heavy atom. The molecule has 2 aliphatic carbocycles. The van der Waals surface area contributed by atoms with Crippen molar-refractivity contribution in [1.82, 2.24) is 0 Å². The van der Waals surface area contributed by atoms with E-state index in [1.165, 1.54) is 11.0 Å². The van der Waals surface area contributed by atoms with Gasteiger partial charge in [0.05, 0.1) is 12.2 Å². The van der Waals surface area contributed by atoms with Crippen molar-refractivity contribution < 1.29 is 23.5 Å². The summed E-state index contributed by atoms with van der Waals surface area (Å²) >= 11 is 0. The number of hydrogen-bond acceptors (Lipinski definition) is 4. The van der Waals surface area contributed by atoms with Gasteiger partial charge in [-0.1, -0.05) is 6.07 Å². The van der Waals surface area contributed by atoms with Crippen LogP contribution in [0.5, 0.6) is 0 Å². The first kappa shape index (κ1) is 14.2. The number of carbonyl (C=O) groups excluding carboxylic acids is 3. The molecule has 2 amide bonds. The number of cyclic esters (lactones) is 1. The zero-order chi connectivity index (χ0) is 16.3. The molecule has 0 radical (unpaired) electrons. The van der Waals surface area contributed by atoms with Gasteiger partial charge in [-0.2, -0.15) is 0 Å². The summed E-state index contributed by atoms with van der Waals surface area (Å²) in [6, 6.07) is 4.57.